The number of hydrogen-bond donors (Lipinski definition) is 1. The van der Waals surface area contributed by atoms with E-state index in [1.54, 1.807) is 0 Å². The molecular weight excluding hydrogens is 231 g/mol. The van der Waals surface area contributed by atoms with Crippen molar-refractivity contribution < 1.29 is 13.2 Å². The fourth-order valence-electron chi connectivity index (χ4n) is 1.13. The van der Waals surface area contributed by atoms with Gasteiger partial charge in [0.1, 0.15) is 12.0 Å². The summed E-state index contributed by atoms with van der Waals surface area (Å²) in [6.45, 7) is 0. The van der Waals surface area contributed by atoms with Crippen molar-refractivity contribution in [3.05, 3.63) is 17.0 Å². The van der Waals surface area contributed by atoms with E-state index in [9.17, 15) is 13.2 Å². The molecule has 1 N–H and O–H groups in total. The fourth-order valence-corrected chi connectivity index (χ4v) is 1.27. The molecule has 1 heterocycles. The summed E-state index contributed by atoms with van der Waals surface area (Å²) in [4.78, 5) is 7.05. The number of halogens is 4. The Bertz CT molecular complexity index is 374. The van der Waals surface area contributed by atoms with E-state index in [1.165, 1.54) is 0 Å². The summed E-state index contributed by atoms with van der Waals surface area (Å²) in [6, 6.07) is -0.437. The average molecular weight is 238 g/mol. The van der Waals surface area contributed by atoms with Crippen LogP contribution in [-0.4, -0.2) is 22.2 Å². The Kier molecular flexibility index (Phi) is 2.68. The summed E-state index contributed by atoms with van der Waals surface area (Å²) in [6.07, 6.45) is -2.45. The lowest BCUT2D eigenvalue weighted by Crippen LogP contribution is -2.10. The maximum atomic E-state index is 12.6. The molecule has 1 aliphatic rings. The lowest BCUT2D eigenvalue weighted by atomic mass is 10.3. The van der Waals surface area contributed by atoms with Crippen molar-refractivity contribution >= 4 is 17.4 Å². The Balaban J connectivity index is 2.22. The van der Waals surface area contributed by atoms with E-state index in [0.717, 1.165) is 6.20 Å². The van der Waals surface area contributed by atoms with Gasteiger partial charge in [0.2, 0.25) is 5.28 Å². The standard InChI is InChI=1S/C8H7ClF3N3/c9-8-13-2-3(6(11)12)7(15-8)14-5-1-4(5)10/h2,4-6H,1H2,(H,13,14,15)/t4-,5+/m0/s1. The third-order valence-corrected chi connectivity index (χ3v) is 2.24. The Morgan fingerprint density at radius 1 is 1.53 bits per heavy atom. The van der Waals surface area contributed by atoms with Crippen molar-refractivity contribution in [1.82, 2.24) is 9.97 Å². The molecule has 2 atom stereocenters. The average Bonchev–Trinajstić information content (AvgIpc) is 2.81. The molecule has 1 aliphatic carbocycles. The largest absolute Gasteiger partial charge is 0.364 e. The second kappa shape index (κ2) is 3.84. The molecule has 3 nitrogen and oxygen atoms in total. The fraction of sp³-hybridized carbons (Fsp3) is 0.500. The molecule has 1 saturated carbocycles. The van der Waals surface area contributed by atoms with Crippen LogP contribution in [0.5, 0.6) is 0 Å². The van der Waals surface area contributed by atoms with E-state index in [4.69, 9.17) is 11.6 Å². The van der Waals surface area contributed by atoms with E-state index in [0.29, 0.717) is 6.42 Å². The summed E-state index contributed by atoms with van der Waals surface area (Å²) < 4.78 is 37.5. The molecule has 82 valence electrons. The highest BCUT2D eigenvalue weighted by Gasteiger charge is 2.38. The molecule has 2 rings (SSSR count). The lowest BCUT2D eigenvalue weighted by molar-refractivity contribution is 0.151. The first-order valence-corrected chi connectivity index (χ1v) is 4.67. The normalized spacial score (nSPS) is 24.3. The molecule has 0 radical (unpaired) electrons. The van der Waals surface area contributed by atoms with Crippen LogP contribution < -0.4 is 5.32 Å². The van der Waals surface area contributed by atoms with Crippen LogP contribution in [-0.2, 0) is 0 Å². The molecule has 0 spiro atoms. The van der Waals surface area contributed by atoms with Crippen molar-refractivity contribution in [2.75, 3.05) is 5.32 Å². The first-order chi connectivity index (χ1) is 7.08. The second-order valence-corrected chi connectivity index (χ2v) is 3.58. The topological polar surface area (TPSA) is 37.8 Å². The van der Waals surface area contributed by atoms with Crippen LogP contribution in [0, 0.1) is 0 Å². The van der Waals surface area contributed by atoms with E-state index in [1.807, 2.05) is 0 Å². The number of nitrogens with one attached hydrogen (secondary N) is 1. The zero-order chi connectivity index (χ0) is 11.0. The zero-order valence-corrected chi connectivity index (χ0v) is 8.18. The van der Waals surface area contributed by atoms with Crippen LogP contribution in [0.3, 0.4) is 0 Å². The molecular formula is C8H7ClF3N3. The van der Waals surface area contributed by atoms with Crippen molar-refractivity contribution in [3.8, 4) is 0 Å². The molecule has 0 aliphatic heterocycles. The predicted octanol–water partition coefficient (Wildman–Crippen LogP) is 2.59. The molecule has 0 aromatic carbocycles. The van der Waals surface area contributed by atoms with E-state index < -0.39 is 18.6 Å². The van der Waals surface area contributed by atoms with Gasteiger partial charge in [0.25, 0.3) is 6.43 Å². The van der Waals surface area contributed by atoms with Crippen LogP contribution in [0.25, 0.3) is 0 Å². The molecule has 7 heteroatoms. The highest BCUT2D eigenvalue weighted by molar-refractivity contribution is 6.28. The summed E-state index contributed by atoms with van der Waals surface area (Å²) in [7, 11) is 0. The van der Waals surface area contributed by atoms with Crippen molar-refractivity contribution in [2.45, 2.75) is 25.1 Å². The maximum absolute atomic E-state index is 12.6. The lowest BCUT2D eigenvalue weighted by Gasteiger charge is -2.08. The number of anilines is 1. The Morgan fingerprint density at radius 3 is 2.73 bits per heavy atom. The van der Waals surface area contributed by atoms with E-state index >= 15 is 0 Å². The monoisotopic (exact) mass is 237 g/mol. The van der Waals surface area contributed by atoms with Gasteiger partial charge in [-0.05, 0) is 11.6 Å². The predicted molar refractivity (Wildman–Crippen MR) is 48.9 cm³/mol. The van der Waals surface area contributed by atoms with Crippen molar-refractivity contribution in [2.24, 2.45) is 0 Å². The van der Waals surface area contributed by atoms with E-state index in [-0.39, 0.29) is 16.7 Å². The maximum Gasteiger partial charge on any atom is 0.268 e. The van der Waals surface area contributed by atoms with Gasteiger partial charge in [-0.2, -0.15) is 0 Å². The molecule has 0 saturated heterocycles. The second-order valence-electron chi connectivity index (χ2n) is 3.25. The zero-order valence-electron chi connectivity index (χ0n) is 7.42. The number of alkyl halides is 3. The number of nitrogens with zero attached hydrogens (tertiary/aromatic N) is 2. The number of hydrogen-bond acceptors (Lipinski definition) is 3. The first kappa shape index (κ1) is 10.5. The highest BCUT2D eigenvalue weighted by Crippen LogP contribution is 2.32. The Hall–Kier alpha value is -1.04. The summed E-state index contributed by atoms with van der Waals surface area (Å²) in [5, 5.41) is 2.43. The number of rotatable bonds is 3. The van der Waals surface area contributed by atoms with Crippen LogP contribution in [0.1, 0.15) is 18.4 Å². The molecule has 15 heavy (non-hydrogen) atoms. The SMILES string of the molecule is FC(F)c1cnc(Cl)nc1N[C@@H]1C[C@@H]1F. The quantitative estimate of drug-likeness (QED) is 0.821. The van der Waals surface area contributed by atoms with Crippen LogP contribution in [0.4, 0.5) is 19.0 Å². The third kappa shape index (κ3) is 2.31. The van der Waals surface area contributed by atoms with Gasteiger partial charge in [-0.1, -0.05) is 0 Å². The molecule has 1 fully saturated rings. The summed E-state index contributed by atoms with van der Waals surface area (Å²) in [5.74, 6) is -0.0878. The van der Waals surface area contributed by atoms with Gasteiger partial charge in [0.15, 0.2) is 0 Å². The minimum Gasteiger partial charge on any atom is -0.364 e. The van der Waals surface area contributed by atoms with Gasteiger partial charge in [-0.25, -0.2) is 23.1 Å². The van der Waals surface area contributed by atoms with Gasteiger partial charge < -0.3 is 5.32 Å². The van der Waals surface area contributed by atoms with Crippen LogP contribution >= 0.6 is 11.6 Å². The Morgan fingerprint density at radius 2 is 2.20 bits per heavy atom. The smallest absolute Gasteiger partial charge is 0.268 e. The molecule has 0 unspecified atom stereocenters. The van der Waals surface area contributed by atoms with Crippen molar-refractivity contribution in [3.63, 3.8) is 0 Å². The molecule has 0 amide bonds. The van der Waals surface area contributed by atoms with Gasteiger partial charge >= 0.3 is 0 Å². The first-order valence-electron chi connectivity index (χ1n) is 4.29. The minimum atomic E-state index is -2.71. The minimum absolute atomic E-state index is 0.0878. The van der Waals surface area contributed by atoms with Gasteiger partial charge in [-0.15, -0.1) is 0 Å². The third-order valence-electron chi connectivity index (χ3n) is 2.06. The van der Waals surface area contributed by atoms with Crippen LogP contribution in [0.2, 0.25) is 5.28 Å². The van der Waals surface area contributed by atoms with Gasteiger partial charge in [0, 0.05) is 12.6 Å². The van der Waals surface area contributed by atoms with Gasteiger partial charge in [0.05, 0.1) is 11.6 Å². The number of aromatic nitrogens is 2. The highest BCUT2D eigenvalue weighted by atomic mass is 35.5. The Labute approximate surface area is 88.7 Å². The summed E-state index contributed by atoms with van der Waals surface area (Å²) in [5.41, 5.74) is -0.362. The van der Waals surface area contributed by atoms with E-state index in [2.05, 4.69) is 15.3 Å². The molecule has 1 aromatic rings. The van der Waals surface area contributed by atoms with Gasteiger partial charge in [-0.3, -0.25) is 0 Å². The molecule has 0 bridgehead atoms. The summed E-state index contributed by atoms with van der Waals surface area (Å²) >= 11 is 5.46. The molecule has 1 aromatic heterocycles. The van der Waals surface area contributed by atoms with Crippen molar-refractivity contribution in [1.29, 1.82) is 0 Å². The van der Waals surface area contributed by atoms with Crippen LogP contribution in [0.15, 0.2) is 6.20 Å².